The minimum absolute atomic E-state index is 0.179. The van der Waals surface area contributed by atoms with Crippen molar-refractivity contribution in [2.24, 2.45) is 5.73 Å². The van der Waals surface area contributed by atoms with Crippen LogP contribution in [0.4, 0.5) is 5.69 Å². The Morgan fingerprint density at radius 3 is 2.67 bits per heavy atom. The lowest BCUT2D eigenvalue weighted by atomic mass is 10.1. The molecule has 0 atom stereocenters. The summed E-state index contributed by atoms with van der Waals surface area (Å²) in [6.07, 6.45) is 1.77. The van der Waals surface area contributed by atoms with E-state index in [1.165, 1.54) is 11.8 Å². The van der Waals surface area contributed by atoms with Gasteiger partial charge in [0.25, 0.3) is 5.91 Å². The number of thioether (sulfide) groups is 1. The van der Waals surface area contributed by atoms with E-state index >= 15 is 0 Å². The Kier molecular flexibility index (Phi) is 6.36. The zero-order chi connectivity index (χ0) is 17.5. The number of nitrogens with zero attached hydrogens (tertiary/aromatic N) is 3. The van der Waals surface area contributed by atoms with E-state index in [1.54, 1.807) is 24.3 Å². The second kappa shape index (κ2) is 8.49. The van der Waals surface area contributed by atoms with Gasteiger partial charge in [0, 0.05) is 13.0 Å². The molecule has 0 aliphatic heterocycles. The third-order valence-electron chi connectivity index (χ3n) is 3.36. The molecule has 1 aromatic heterocycles. The fraction of sp³-hybridized carbons (Fsp3) is 0.375. The van der Waals surface area contributed by atoms with Gasteiger partial charge in [-0.05, 0) is 18.6 Å². The maximum absolute atomic E-state index is 12.2. The van der Waals surface area contributed by atoms with E-state index in [2.05, 4.69) is 22.4 Å². The van der Waals surface area contributed by atoms with Gasteiger partial charge < -0.3 is 15.6 Å². The van der Waals surface area contributed by atoms with Crippen molar-refractivity contribution in [2.75, 3.05) is 11.1 Å². The van der Waals surface area contributed by atoms with E-state index in [-0.39, 0.29) is 11.7 Å². The van der Waals surface area contributed by atoms with E-state index in [4.69, 9.17) is 5.73 Å². The van der Waals surface area contributed by atoms with Crippen molar-refractivity contribution < 1.29 is 9.59 Å². The summed E-state index contributed by atoms with van der Waals surface area (Å²) in [4.78, 5) is 23.5. The standard InChI is InChI=1S/C16H21N5O2S/c1-3-9-21-13(4-2)19-20-16(21)24-10-14(22)18-12-8-6-5-7-11(12)15(17)23/h5-8H,3-4,9-10H2,1-2H3,(H2,17,23)(H,18,22). The molecule has 1 heterocycles. The van der Waals surface area contributed by atoms with Gasteiger partial charge in [0.15, 0.2) is 5.16 Å². The smallest absolute Gasteiger partial charge is 0.250 e. The molecule has 2 amide bonds. The molecule has 2 rings (SSSR count). The number of para-hydroxylation sites is 1. The predicted molar refractivity (Wildman–Crippen MR) is 94.0 cm³/mol. The van der Waals surface area contributed by atoms with Crippen LogP contribution in [0.2, 0.25) is 0 Å². The van der Waals surface area contributed by atoms with Crippen LogP contribution in [0.3, 0.4) is 0 Å². The number of rotatable bonds is 8. The third-order valence-corrected chi connectivity index (χ3v) is 4.32. The first-order valence-electron chi connectivity index (χ1n) is 7.80. The molecule has 0 fully saturated rings. The molecule has 0 bridgehead atoms. The molecule has 0 saturated heterocycles. The van der Waals surface area contributed by atoms with Crippen molar-refractivity contribution in [3.05, 3.63) is 35.7 Å². The van der Waals surface area contributed by atoms with Crippen LogP contribution in [0.25, 0.3) is 0 Å². The first kappa shape index (κ1) is 18.0. The number of amides is 2. The summed E-state index contributed by atoms with van der Waals surface area (Å²) in [5.41, 5.74) is 6.02. The quantitative estimate of drug-likeness (QED) is 0.712. The van der Waals surface area contributed by atoms with Gasteiger partial charge in [-0.1, -0.05) is 37.7 Å². The highest BCUT2D eigenvalue weighted by molar-refractivity contribution is 7.99. The molecule has 1 aromatic carbocycles. The summed E-state index contributed by atoms with van der Waals surface area (Å²) in [7, 11) is 0. The van der Waals surface area contributed by atoms with Gasteiger partial charge in [0.1, 0.15) is 5.82 Å². The summed E-state index contributed by atoms with van der Waals surface area (Å²) >= 11 is 1.33. The number of aryl methyl sites for hydroxylation is 1. The Hall–Kier alpha value is -2.35. The van der Waals surface area contributed by atoms with Crippen molar-refractivity contribution in [2.45, 2.75) is 38.4 Å². The summed E-state index contributed by atoms with van der Waals surface area (Å²) in [6.45, 7) is 4.93. The first-order chi connectivity index (χ1) is 11.6. The van der Waals surface area contributed by atoms with Crippen LogP contribution in [0, 0.1) is 0 Å². The van der Waals surface area contributed by atoms with Crippen molar-refractivity contribution >= 4 is 29.3 Å². The second-order valence-electron chi connectivity index (χ2n) is 5.15. The monoisotopic (exact) mass is 347 g/mol. The van der Waals surface area contributed by atoms with Crippen molar-refractivity contribution in [3.8, 4) is 0 Å². The third kappa shape index (κ3) is 4.35. The number of aromatic nitrogens is 3. The Morgan fingerprint density at radius 2 is 2.00 bits per heavy atom. The number of hydrogen-bond donors (Lipinski definition) is 2. The topological polar surface area (TPSA) is 103 Å². The van der Waals surface area contributed by atoms with E-state index in [9.17, 15) is 9.59 Å². The van der Waals surface area contributed by atoms with E-state index < -0.39 is 5.91 Å². The normalized spacial score (nSPS) is 10.6. The van der Waals surface area contributed by atoms with Crippen LogP contribution >= 0.6 is 11.8 Å². The lowest BCUT2D eigenvalue weighted by Gasteiger charge is -2.09. The molecule has 0 aliphatic carbocycles. The highest BCUT2D eigenvalue weighted by atomic mass is 32.2. The molecule has 0 radical (unpaired) electrons. The fourth-order valence-corrected chi connectivity index (χ4v) is 3.04. The van der Waals surface area contributed by atoms with Gasteiger partial charge in [-0.2, -0.15) is 0 Å². The fourth-order valence-electron chi connectivity index (χ4n) is 2.26. The van der Waals surface area contributed by atoms with Gasteiger partial charge in [-0.3, -0.25) is 9.59 Å². The van der Waals surface area contributed by atoms with E-state index in [0.29, 0.717) is 11.3 Å². The molecular weight excluding hydrogens is 326 g/mol. The lowest BCUT2D eigenvalue weighted by molar-refractivity contribution is -0.113. The number of benzene rings is 1. The van der Waals surface area contributed by atoms with E-state index in [0.717, 1.165) is 30.4 Å². The molecule has 8 heteroatoms. The first-order valence-corrected chi connectivity index (χ1v) is 8.78. The van der Waals surface area contributed by atoms with Gasteiger partial charge in [-0.25, -0.2) is 0 Å². The molecule has 7 nitrogen and oxygen atoms in total. The number of carbonyl (C=O) groups is 2. The molecule has 0 unspecified atom stereocenters. The number of nitrogens with one attached hydrogen (secondary N) is 1. The van der Waals surface area contributed by atoms with Crippen LogP contribution in [0.5, 0.6) is 0 Å². The van der Waals surface area contributed by atoms with Gasteiger partial charge >= 0.3 is 0 Å². The number of anilines is 1. The average molecular weight is 347 g/mol. The molecule has 0 aliphatic rings. The minimum atomic E-state index is -0.575. The van der Waals surface area contributed by atoms with Gasteiger partial charge in [0.05, 0.1) is 17.0 Å². The zero-order valence-electron chi connectivity index (χ0n) is 13.8. The van der Waals surface area contributed by atoms with Crippen LogP contribution < -0.4 is 11.1 Å². The minimum Gasteiger partial charge on any atom is -0.366 e. The summed E-state index contributed by atoms with van der Waals surface area (Å²) in [5.74, 6) is 0.295. The van der Waals surface area contributed by atoms with Crippen LogP contribution in [0.1, 0.15) is 36.5 Å². The number of carbonyl (C=O) groups excluding carboxylic acids is 2. The number of hydrogen-bond acceptors (Lipinski definition) is 5. The second-order valence-corrected chi connectivity index (χ2v) is 6.09. The zero-order valence-corrected chi connectivity index (χ0v) is 14.6. The maximum atomic E-state index is 12.2. The van der Waals surface area contributed by atoms with E-state index in [1.807, 2.05) is 11.5 Å². The Morgan fingerprint density at radius 1 is 1.25 bits per heavy atom. The highest BCUT2D eigenvalue weighted by Gasteiger charge is 2.14. The van der Waals surface area contributed by atoms with Crippen LogP contribution in [0.15, 0.2) is 29.4 Å². The van der Waals surface area contributed by atoms with Crippen molar-refractivity contribution in [3.63, 3.8) is 0 Å². The lowest BCUT2D eigenvalue weighted by Crippen LogP contribution is -2.19. The Balaban J connectivity index is 2.02. The van der Waals surface area contributed by atoms with Crippen molar-refractivity contribution in [1.29, 1.82) is 0 Å². The SMILES string of the molecule is CCCn1c(CC)nnc1SCC(=O)Nc1ccccc1C(N)=O. The molecule has 24 heavy (non-hydrogen) atoms. The average Bonchev–Trinajstić information content (AvgIpc) is 2.95. The van der Waals surface area contributed by atoms with Crippen LogP contribution in [-0.2, 0) is 17.8 Å². The van der Waals surface area contributed by atoms with Crippen molar-refractivity contribution in [1.82, 2.24) is 14.8 Å². The molecule has 3 N–H and O–H groups in total. The number of primary amides is 1. The highest BCUT2D eigenvalue weighted by Crippen LogP contribution is 2.19. The van der Waals surface area contributed by atoms with Gasteiger partial charge in [-0.15, -0.1) is 10.2 Å². The maximum Gasteiger partial charge on any atom is 0.250 e. The Labute approximate surface area is 145 Å². The predicted octanol–water partition coefficient (Wildman–Crippen LogP) is 2.08. The number of nitrogens with two attached hydrogens (primary N) is 1. The molecule has 0 saturated carbocycles. The molecule has 0 spiro atoms. The van der Waals surface area contributed by atoms with Gasteiger partial charge in [0.2, 0.25) is 5.91 Å². The van der Waals surface area contributed by atoms with Crippen LogP contribution in [-0.4, -0.2) is 32.3 Å². The molecule has 2 aromatic rings. The largest absolute Gasteiger partial charge is 0.366 e. The summed E-state index contributed by atoms with van der Waals surface area (Å²) in [5, 5.41) is 11.7. The summed E-state index contributed by atoms with van der Waals surface area (Å²) < 4.78 is 2.04. The Bertz CT molecular complexity index is 729. The molecule has 128 valence electrons. The summed E-state index contributed by atoms with van der Waals surface area (Å²) in [6, 6.07) is 6.67. The molecular formula is C16H21N5O2S.